The molecule has 0 spiro atoms. The number of carbonyl (C=O) groups is 1. The second-order valence-electron chi connectivity index (χ2n) is 4.52. The van der Waals surface area contributed by atoms with E-state index < -0.39 is 0 Å². The minimum absolute atomic E-state index is 0.136. The molecule has 0 saturated carbocycles. The van der Waals surface area contributed by atoms with E-state index >= 15 is 0 Å². The molecule has 0 heterocycles. The molecule has 0 aliphatic carbocycles. The highest BCUT2D eigenvalue weighted by Gasteiger charge is 2.08. The minimum atomic E-state index is -0.304. The van der Waals surface area contributed by atoms with E-state index in [2.05, 4.69) is 21.2 Å². The highest BCUT2D eigenvalue weighted by atomic mass is 79.9. The van der Waals surface area contributed by atoms with Crippen LogP contribution in [0.3, 0.4) is 0 Å². The predicted octanol–water partition coefficient (Wildman–Crippen LogP) is 3.71. The first-order valence-corrected chi connectivity index (χ1v) is 7.28. The molecule has 110 valence electrons. The number of ether oxygens (including phenoxy) is 1. The summed E-state index contributed by atoms with van der Waals surface area (Å²) in [7, 11) is 0. The molecule has 1 N–H and O–H groups in total. The Morgan fingerprint density at radius 3 is 2.62 bits per heavy atom. The second kappa shape index (κ2) is 7.22. The van der Waals surface area contributed by atoms with Crippen LogP contribution in [0.4, 0.5) is 4.39 Å². The number of amides is 1. The van der Waals surface area contributed by atoms with Gasteiger partial charge in [-0.15, -0.1) is 0 Å². The van der Waals surface area contributed by atoms with Gasteiger partial charge < -0.3 is 10.1 Å². The third-order valence-corrected chi connectivity index (χ3v) is 3.40. The molecule has 0 atom stereocenters. The number of aryl methyl sites for hydroxylation is 1. The van der Waals surface area contributed by atoms with Gasteiger partial charge in [-0.1, -0.05) is 15.9 Å². The summed E-state index contributed by atoms with van der Waals surface area (Å²) >= 11 is 3.36. The van der Waals surface area contributed by atoms with Gasteiger partial charge in [0.2, 0.25) is 0 Å². The molecular weight excluding hydrogens is 337 g/mol. The van der Waals surface area contributed by atoms with Crippen molar-refractivity contribution in [1.82, 2.24) is 5.32 Å². The number of halogens is 2. The molecule has 2 aromatic rings. The molecule has 0 fully saturated rings. The third kappa shape index (κ3) is 4.56. The van der Waals surface area contributed by atoms with Crippen molar-refractivity contribution in [3.63, 3.8) is 0 Å². The topological polar surface area (TPSA) is 38.3 Å². The molecule has 0 unspecified atom stereocenters. The largest absolute Gasteiger partial charge is 0.492 e. The Morgan fingerprint density at radius 1 is 1.24 bits per heavy atom. The Kier molecular flexibility index (Phi) is 5.33. The number of rotatable bonds is 5. The van der Waals surface area contributed by atoms with Crippen LogP contribution in [-0.4, -0.2) is 19.1 Å². The smallest absolute Gasteiger partial charge is 0.251 e. The van der Waals surface area contributed by atoms with E-state index in [1.807, 2.05) is 19.1 Å². The van der Waals surface area contributed by atoms with Crippen LogP contribution in [0.5, 0.6) is 5.75 Å². The van der Waals surface area contributed by atoms with Gasteiger partial charge in [-0.2, -0.15) is 0 Å². The Hall–Kier alpha value is -1.88. The van der Waals surface area contributed by atoms with Crippen LogP contribution < -0.4 is 10.1 Å². The normalized spacial score (nSPS) is 10.2. The lowest BCUT2D eigenvalue weighted by atomic mass is 10.1. The van der Waals surface area contributed by atoms with Crippen LogP contribution in [0.2, 0.25) is 0 Å². The van der Waals surface area contributed by atoms with Gasteiger partial charge in [-0.05, 0) is 55.0 Å². The molecule has 1 amide bonds. The summed E-state index contributed by atoms with van der Waals surface area (Å²) in [5.41, 5.74) is 1.54. The quantitative estimate of drug-likeness (QED) is 0.834. The van der Waals surface area contributed by atoms with Crippen molar-refractivity contribution in [3.8, 4) is 5.75 Å². The fourth-order valence-electron chi connectivity index (χ4n) is 1.84. The minimum Gasteiger partial charge on any atom is -0.492 e. The Morgan fingerprint density at radius 2 is 1.95 bits per heavy atom. The highest BCUT2D eigenvalue weighted by Crippen LogP contribution is 2.15. The van der Waals surface area contributed by atoms with Gasteiger partial charge in [-0.25, -0.2) is 4.39 Å². The summed E-state index contributed by atoms with van der Waals surface area (Å²) in [5, 5.41) is 2.79. The van der Waals surface area contributed by atoms with E-state index in [4.69, 9.17) is 4.74 Å². The number of hydrogen-bond acceptors (Lipinski definition) is 2. The van der Waals surface area contributed by atoms with E-state index in [9.17, 15) is 9.18 Å². The van der Waals surface area contributed by atoms with Gasteiger partial charge in [0.15, 0.2) is 0 Å². The number of nitrogens with one attached hydrogen (secondary N) is 1. The lowest BCUT2D eigenvalue weighted by Gasteiger charge is -2.09. The zero-order valence-corrected chi connectivity index (χ0v) is 13.1. The zero-order valence-electron chi connectivity index (χ0n) is 11.5. The van der Waals surface area contributed by atoms with Crippen molar-refractivity contribution in [2.75, 3.05) is 13.2 Å². The third-order valence-electron chi connectivity index (χ3n) is 2.90. The maximum absolute atomic E-state index is 12.7. The molecule has 2 rings (SSSR count). The molecule has 0 aliphatic heterocycles. The van der Waals surface area contributed by atoms with Crippen LogP contribution in [0.15, 0.2) is 46.9 Å². The van der Waals surface area contributed by atoms with Crippen LogP contribution >= 0.6 is 15.9 Å². The lowest BCUT2D eigenvalue weighted by molar-refractivity contribution is 0.0946. The molecule has 0 aromatic heterocycles. The van der Waals surface area contributed by atoms with Crippen LogP contribution in [0.25, 0.3) is 0 Å². The summed E-state index contributed by atoms with van der Waals surface area (Å²) in [6.45, 7) is 2.59. The second-order valence-corrected chi connectivity index (χ2v) is 5.43. The predicted molar refractivity (Wildman–Crippen MR) is 83.1 cm³/mol. The Balaban J connectivity index is 1.80. The van der Waals surface area contributed by atoms with E-state index in [1.165, 1.54) is 12.1 Å². The SMILES string of the molecule is Cc1cc(Br)ccc1C(=O)NCCOc1ccc(F)cc1. The molecule has 0 aliphatic rings. The van der Waals surface area contributed by atoms with Gasteiger partial charge in [-0.3, -0.25) is 4.79 Å². The van der Waals surface area contributed by atoms with Gasteiger partial charge in [0.05, 0.1) is 6.54 Å². The fraction of sp³-hybridized carbons (Fsp3) is 0.188. The summed E-state index contributed by atoms with van der Waals surface area (Å²) < 4.78 is 19.1. The fourth-order valence-corrected chi connectivity index (χ4v) is 2.32. The highest BCUT2D eigenvalue weighted by molar-refractivity contribution is 9.10. The molecule has 21 heavy (non-hydrogen) atoms. The average molecular weight is 352 g/mol. The van der Waals surface area contributed by atoms with Gasteiger partial charge in [0, 0.05) is 10.0 Å². The Labute approximate surface area is 131 Å². The Bertz CT molecular complexity index is 629. The number of hydrogen-bond donors (Lipinski definition) is 1. The molecule has 0 bridgehead atoms. The first-order valence-electron chi connectivity index (χ1n) is 6.49. The van der Waals surface area contributed by atoms with Crippen molar-refractivity contribution in [2.45, 2.75) is 6.92 Å². The van der Waals surface area contributed by atoms with Crippen molar-refractivity contribution < 1.29 is 13.9 Å². The van der Waals surface area contributed by atoms with Crippen molar-refractivity contribution in [3.05, 3.63) is 63.9 Å². The standard InChI is InChI=1S/C16H15BrFNO2/c1-11-10-12(17)2-7-15(11)16(20)19-8-9-21-14-5-3-13(18)4-6-14/h2-7,10H,8-9H2,1H3,(H,19,20). The first-order chi connectivity index (χ1) is 10.1. The molecule has 5 heteroatoms. The van der Waals surface area contributed by atoms with E-state index in [1.54, 1.807) is 18.2 Å². The molecular formula is C16H15BrFNO2. The molecule has 0 radical (unpaired) electrons. The molecule has 2 aromatic carbocycles. The van der Waals surface area contributed by atoms with E-state index in [-0.39, 0.29) is 11.7 Å². The molecule has 3 nitrogen and oxygen atoms in total. The summed E-state index contributed by atoms with van der Waals surface area (Å²) in [5.74, 6) is 0.134. The maximum atomic E-state index is 12.7. The van der Waals surface area contributed by atoms with Crippen molar-refractivity contribution in [1.29, 1.82) is 0 Å². The van der Waals surface area contributed by atoms with E-state index in [0.717, 1.165) is 10.0 Å². The lowest BCUT2D eigenvalue weighted by Crippen LogP contribution is -2.28. The summed E-state index contributed by atoms with van der Waals surface area (Å²) in [6.07, 6.45) is 0. The van der Waals surface area contributed by atoms with Crippen LogP contribution in [-0.2, 0) is 0 Å². The van der Waals surface area contributed by atoms with Crippen LogP contribution in [0.1, 0.15) is 15.9 Å². The monoisotopic (exact) mass is 351 g/mol. The zero-order chi connectivity index (χ0) is 15.2. The molecule has 0 saturated heterocycles. The van der Waals surface area contributed by atoms with Crippen molar-refractivity contribution >= 4 is 21.8 Å². The summed E-state index contributed by atoms with van der Waals surface area (Å²) in [6, 6.07) is 11.3. The van der Waals surface area contributed by atoms with Crippen LogP contribution in [0, 0.1) is 12.7 Å². The first kappa shape index (κ1) is 15.5. The van der Waals surface area contributed by atoms with Crippen molar-refractivity contribution in [2.24, 2.45) is 0 Å². The van der Waals surface area contributed by atoms with Gasteiger partial charge in [0.1, 0.15) is 18.2 Å². The van der Waals surface area contributed by atoms with Gasteiger partial charge in [0.25, 0.3) is 5.91 Å². The van der Waals surface area contributed by atoms with Gasteiger partial charge >= 0.3 is 0 Å². The van der Waals surface area contributed by atoms with E-state index in [0.29, 0.717) is 24.5 Å². The average Bonchev–Trinajstić information content (AvgIpc) is 2.45. The number of carbonyl (C=O) groups excluding carboxylic acids is 1. The summed E-state index contributed by atoms with van der Waals surface area (Å²) in [4.78, 5) is 12.0. The maximum Gasteiger partial charge on any atom is 0.251 e. The number of benzene rings is 2.